The molecule has 3 N–H and O–H groups in total. The number of benzene rings is 1. The van der Waals surface area contributed by atoms with Gasteiger partial charge in [-0.15, -0.1) is 11.3 Å². The Labute approximate surface area is 139 Å². The summed E-state index contributed by atoms with van der Waals surface area (Å²) < 4.78 is 40.6. The van der Waals surface area contributed by atoms with Gasteiger partial charge >= 0.3 is 0 Å². The monoisotopic (exact) mass is 408 g/mol. The fourth-order valence-electron chi connectivity index (χ4n) is 1.55. The fourth-order valence-corrected chi connectivity index (χ4v) is 4.36. The van der Waals surface area contributed by atoms with Crippen molar-refractivity contribution in [3.63, 3.8) is 0 Å². The van der Waals surface area contributed by atoms with E-state index in [0.717, 1.165) is 11.3 Å². The molecule has 0 aliphatic carbocycles. The van der Waals surface area contributed by atoms with E-state index in [1.54, 1.807) is 13.0 Å². The molecular formula is C12H10BrFN2O2S3. The second-order valence-electron chi connectivity index (χ2n) is 4.17. The van der Waals surface area contributed by atoms with Crippen molar-refractivity contribution in [2.45, 2.75) is 11.1 Å². The topological polar surface area (TPSA) is 72.2 Å². The largest absolute Gasteiger partial charge is 0.389 e. The minimum absolute atomic E-state index is 0.0881. The van der Waals surface area contributed by atoms with Crippen LogP contribution in [-0.2, 0) is 10.0 Å². The third-order valence-corrected chi connectivity index (χ3v) is 6.53. The summed E-state index contributed by atoms with van der Waals surface area (Å²) in [6.45, 7) is 1.61. The molecular weight excluding hydrogens is 399 g/mol. The van der Waals surface area contributed by atoms with Crippen LogP contribution in [0.25, 0.3) is 0 Å². The Morgan fingerprint density at radius 3 is 2.67 bits per heavy atom. The summed E-state index contributed by atoms with van der Waals surface area (Å²) in [5, 5.41) is 0. The van der Waals surface area contributed by atoms with Crippen LogP contribution in [0.3, 0.4) is 0 Å². The van der Waals surface area contributed by atoms with E-state index in [1.807, 2.05) is 0 Å². The lowest BCUT2D eigenvalue weighted by molar-refractivity contribution is 0.602. The van der Waals surface area contributed by atoms with Crippen LogP contribution in [0.1, 0.15) is 10.4 Å². The van der Waals surface area contributed by atoms with Gasteiger partial charge in [-0.05, 0) is 52.7 Å². The highest BCUT2D eigenvalue weighted by atomic mass is 79.9. The molecule has 21 heavy (non-hydrogen) atoms. The van der Waals surface area contributed by atoms with Gasteiger partial charge in [0.1, 0.15) is 15.0 Å². The number of aryl methyl sites for hydroxylation is 1. The molecule has 0 amide bonds. The van der Waals surface area contributed by atoms with Crippen molar-refractivity contribution < 1.29 is 12.8 Å². The molecule has 9 heteroatoms. The van der Waals surface area contributed by atoms with Gasteiger partial charge in [-0.2, -0.15) is 0 Å². The van der Waals surface area contributed by atoms with Crippen molar-refractivity contribution >= 4 is 60.2 Å². The lowest BCUT2D eigenvalue weighted by Crippen LogP contribution is -2.12. The van der Waals surface area contributed by atoms with Crippen LogP contribution in [0, 0.1) is 12.7 Å². The Bertz CT molecular complexity index is 818. The summed E-state index contributed by atoms with van der Waals surface area (Å²) in [5.41, 5.74) is 6.24. The van der Waals surface area contributed by atoms with E-state index in [1.165, 1.54) is 18.2 Å². The molecule has 1 heterocycles. The Morgan fingerprint density at radius 1 is 1.43 bits per heavy atom. The molecule has 0 aliphatic heterocycles. The first kappa shape index (κ1) is 16.3. The van der Waals surface area contributed by atoms with Gasteiger partial charge in [0.05, 0.1) is 15.0 Å². The van der Waals surface area contributed by atoms with Crippen molar-refractivity contribution in [2.24, 2.45) is 5.73 Å². The van der Waals surface area contributed by atoms with Crippen LogP contribution in [0.5, 0.6) is 0 Å². The van der Waals surface area contributed by atoms with Crippen molar-refractivity contribution in [3.8, 4) is 0 Å². The number of rotatable bonds is 4. The van der Waals surface area contributed by atoms with Crippen molar-refractivity contribution in [1.82, 2.24) is 0 Å². The van der Waals surface area contributed by atoms with Crippen LogP contribution in [0.4, 0.5) is 10.1 Å². The Kier molecular flexibility index (Phi) is 4.66. The predicted molar refractivity (Wildman–Crippen MR) is 89.9 cm³/mol. The van der Waals surface area contributed by atoms with Gasteiger partial charge in [0.2, 0.25) is 0 Å². The molecule has 0 unspecified atom stereocenters. The van der Waals surface area contributed by atoms with Crippen LogP contribution in [-0.4, -0.2) is 13.4 Å². The van der Waals surface area contributed by atoms with Crippen LogP contribution >= 0.6 is 39.5 Å². The highest BCUT2D eigenvalue weighted by Gasteiger charge is 2.19. The number of hydrogen-bond acceptors (Lipinski definition) is 4. The molecule has 0 bridgehead atoms. The zero-order valence-corrected chi connectivity index (χ0v) is 14.7. The number of nitrogens with one attached hydrogen (secondary N) is 1. The summed E-state index contributed by atoms with van der Waals surface area (Å²) in [5.74, 6) is -0.456. The molecule has 0 saturated heterocycles. The highest BCUT2D eigenvalue weighted by molar-refractivity contribution is 9.10. The molecule has 0 aliphatic rings. The second-order valence-corrected chi connectivity index (χ2v) is 8.46. The van der Waals surface area contributed by atoms with Crippen molar-refractivity contribution in [1.29, 1.82) is 0 Å². The van der Waals surface area contributed by atoms with E-state index in [-0.39, 0.29) is 13.7 Å². The number of halogens is 2. The van der Waals surface area contributed by atoms with Gasteiger partial charge in [-0.25, -0.2) is 12.8 Å². The average Bonchev–Trinajstić information content (AvgIpc) is 2.86. The SMILES string of the molecule is Cc1cc(F)c(Br)cc1NS(=O)(=O)c1ccc(C(N)=S)s1. The first-order chi connectivity index (χ1) is 9.70. The summed E-state index contributed by atoms with van der Waals surface area (Å²) in [6.07, 6.45) is 0. The lowest BCUT2D eigenvalue weighted by atomic mass is 10.2. The van der Waals surface area contributed by atoms with Crippen LogP contribution in [0.15, 0.2) is 32.9 Å². The van der Waals surface area contributed by atoms with Crippen molar-refractivity contribution in [2.75, 3.05) is 4.72 Å². The number of hydrogen-bond donors (Lipinski definition) is 2. The van der Waals surface area contributed by atoms with E-state index < -0.39 is 15.8 Å². The Morgan fingerprint density at radius 2 is 2.10 bits per heavy atom. The molecule has 112 valence electrons. The third kappa shape index (κ3) is 3.60. The minimum Gasteiger partial charge on any atom is -0.389 e. The first-order valence-electron chi connectivity index (χ1n) is 5.59. The van der Waals surface area contributed by atoms with E-state index in [2.05, 4.69) is 20.7 Å². The molecule has 1 aromatic heterocycles. The fraction of sp³-hybridized carbons (Fsp3) is 0.0833. The number of thiophene rings is 1. The average molecular weight is 409 g/mol. The van der Waals surface area contributed by atoms with Crippen molar-refractivity contribution in [3.05, 3.63) is 45.0 Å². The van der Waals surface area contributed by atoms with Gasteiger partial charge < -0.3 is 5.73 Å². The van der Waals surface area contributed by atoms with E-state index in [0.29, 0.717) is 16.1 Å². The minimum atomic E-state index is -3.77. The van der Waals surface area contributed by atoms with Crippen LogP contribution in [0.2, 0.25) is 0 Å². The molecule has 4 nitrogen and oxygen atoms in total. The summed E-state index contributed by atoms with van der Waals surface area (Å²) >= 11 is 8.81. The van der Waals surface area contributed by atoms with Gasteiger partial charge in [0, 0.05) is 0 Å². The van der Waals surface area contributed by atoms with Gasteiger partial charge in [-0.3, -0.25) is 4.72 Å². The van der Waals surface area contributed by atoms with Gasteiger partial charge in [-0.1, -0.05) is 12.2 Å². The molecule has 0 radical (unpaired) electrons. The maximum Gasteiger partial charge on any atom is 0.271 e. The van der Waals surface area contributed by atoms with E-state index in [9.17, 15) is 12.8 Å². The molecule has 0 spiro atoms. The quantitative estimate of drug-likeness (QED) is 0.760. The number of sulfonamides is 1. The van der Waals surface area contributed by atoms with Gasteiger partial charge in [0.25, 0.3) is 10.0 Å². The molecule has 1 aromatic carbocycles. The smallest absolute Gasteiger partial charge is 0.271 e. The normalized spacial score (nSPS) is 11.4. The van der Waals surface area contributed by atoms with Crippen LogP contribution < -0.4 is 10.5 Å². The lowest BCUT2D eigenvalue weighted by Gasteiger charge is -2.10. The summed E-state index contributed by atoms with van der Waals surface area (Å²) in [4.78, 5) is 0.657. The molecule has 0 saturated carbocycles. The van der Waals surface area contributed by atoms with Gasteiger partial charge in [0.15, 0.2) is 0 Å². The van der Waals surface area contributed by atoms with E-state index in [4.69, 9.17) is 18.0 Å². The first-order valence-corrected chi connectivity index (χ1v) is 9.09. The third-order valence-electron chi connectivity index (χ3n) is 2.60. The molecule has 2 rings (SSSR count). The second kappa shape index (κ2) is 5.99. The van der Waals surface area contributed by atoms with E-state index >= 15 is 0 Å². The maximum atomic E-state index is 13.4. The number of thiocarbonyl (C=S) groups is 1. The molecule has 0 fully saturated rings. The Balaban J connectivity index is 2.37. The molecule has 2 aromatic rings. The molecule has 0 atom stereocenters. The summed E-state index contributed by atoms with van der Waals surface area (Å²) in [7, 11) is -3.77. The Hall–Kier alpha value is -1.03. The predicted octanol–water partition coefficient (Wildman–Crippen LogP) is 3.39. The standard InChI is InChI=1S/C12H10BrFN2O2S3/c1-6-4-8(14)7(13)5-9(6)16-21(17,18)11-3-2-10(20-11)12(15)19/h2-5,16H,1H3,(H2,15,19). The maximum absolute atomic E-state index is 13.4. The zero-order chi connectivity index (χ0) is 15.8. The number of anilines is 1. The highest BCUT2D eigenvalue weighted by Crippen LogP contribution is 2.28. The summed E-state index contributed by atoms with van der Waals surface area (Å²) in [6, 6.07) is 5.60. The zero-order valence-electron chi connectivity index (χ0n) is 10.7. The number of nitrogens with two attached hydrogens (primary N) is 1.